The van der Waals surface area contributed by atoms with Crippen LogP contribution in [0.25, 0.3) is 24.3 Å². The molecule has 0 aromatic heterocycles. The second-order valence-corrected chi connectivity index (χ2v) is 8.74. The summed E-state index contributed by atoms with van der Waals surface area (Å²) < 4.78 is 10.2. The van der Waals surface area contributed by atoms with E-state index in [1.807, 2.05) is 60.7 Å². The molecule has 0 spiro atoms. The van der Waals surface area contributed by atoms with Gasteiger partial charge in [-0.3, -0.25) is 0 Å². The van der Waals surface area contributed by atoms with Crippen LogP contribution in [0.2, 0.25) is 0 Å². The van der Waals surface area contributed by atoms with Gasteiger partial charge in [-0.25, -0.2) is 0 Å². The van der Waals surface area contributed by atoms with E-state index in [2.05, 4.69) is 102 Å². The first-order valence-electron chi connectivity index (χ1n) is 12.8. The van der Waals surface area contributed by atoms with Crippen molar-refractivity contribution in [1.29, 1.82) is 0 Å². The Morgan fingerprint density at radius 3 is 1.00 bits per heavy atom. The first-order valence-corrected chi connectivity index (χ1v) is 12.8. The lowest BCUT2D eigenvalue weighted by atomic mass is 10.1. The Kier molecular flexibility index (Phi) is 10.2. The lowest BCUT2D eigenvalue weighted by Crippen LogP contribution is -1.90. The molecule has 1 N–H and O–H groups in total. The molecule has 0 unspecified atom stereocenters. The van der Waals surface area contributed by atoms with Crippen molar-refractivity contribution in [2.75, 3.05) is 19.5 Å². The molecule has 0 heterocycles. The predicted molar refractivity (Wildman–Crippen MR) is 166 cm³/mol. The fourth-order valence-electron chi connectivity index (χ4n) is 3.75. The summed E-state index contributed by atoms with van der Waals surface area (Å²) in [6.07, 6.45) is 8.55. The molecule has 194 valence electrons. The molecular formula is C36H33NO2. The van der Waals surface area contributed by atoms with Gasteiger partial charge in [0.2, 0.25) is 0 Å². The minimum atomic E-state index is 0.852. The maximum absolute atomic E-state index is 5.11. The van der Waals surface area contributed by atoms with E-state index >= 15 is 0 Å². The molecule has 0 aliphatic heterocycles. The maximum atomic E-state index is 5.11. The summed E-state index contributed by atoms with van der Waals surface area (Å²) >= 11 is 0. The van der Waals surface area contributed by atoms with Crippen molar-refractivity contribution < 1.29 is 9.47 Å². The van der Waals surface area contributed by atoms with E-state index in [0.717, 1.165) is 22.9 Å². The largest absolute Gasteiger partial charge is 0.497 e. The van der Waals surface area contributed by atoms with E-state index in [9.17, 15) is 0 Å². The van der Waals surface area contributed by atoms with Gasteiger partial charge in [-0.15, -0.1) is 0 Å². The van der Waals surface area contributed by atoms with Gasteiger partial charge in [-0.1, -0.05) is 109 Å². The molecule has 0 amide bonds. The van der Waals surface area contributed by atoms with Gasteiger partial charge >= 0.3 is 0 Å². The minimum Gasteiger partial charge on any atom is -0.497 e. The molecule has 39 heavy (non-hydrogen) atoms. The quantitative estimate of drug-likeness (QED) is 0.210. The second kappa shape index (κ2) is 14.7. The van der Waals surface area contributed by atoms with Crippen molar-refractivity contribution in [3.05, 3.63) is 156 Å². The number of rotatable bonds is 8. The molecule has 3 heteroatoms. The predicted octanol–water partition coefficient (Wildman–Crippen LogP) is 9.47. The van der Waals surface area contributed by atoms with Crippen molar-refractivity contribution in [3.63, 3.8) is 0 Å². The Hall–Kier alpha value is -5.02. The van der Waals surface area contributed by atoms with E-state index in [1.54, 1.807) is 14.2 Å². The molecule has 0 bridgehead atoms. The van der Waals surface area contributed by atoms with Gasteiger partial charge < -0.3 is 14.8 Å². The molecule has 0 aliphatic carbocycles. The smallest absolute Gasteiger partial charge is 0.119 e. The highest BCUT2D eigenvalue weighted by Crippen LogP contribution is 2.21. The molecule has 0 saturated heterocycles. The highest BCUT2D eigenvalue weighted by Gasteiger charge is 1.96. The highest BCUT2D eigenvalue weighted by molar-refractivity contribution is 5.73. The zero-order chi connectivity index (χ0) is 27.1. The number of hydrogen-bond acceptors (Lipinski definition) is 3. The number of hydrogen-bond donors (Lipinski definition) is 1. The molecule has 5 rings (SSSR count). The second-order valence-electron chi connectivity index (χ2n) is 8.74. The third kappa shape index (κ3) is 9.10. The summed E-state index contributed by atoms with van der Waals surface area (Å²) in [5.41, 5.74) is 6.90. The van der Waals surface area contributed by atoms with Crippen LogP contribution in [0, 0.1) is 0 Å². The van der Waals surface area contributed by atoms with Crippen LogP contribution >= 0.6 is 0 Å². The molecule has 0 fully saturated rings. The van der Waals surface area contributed by atoms with E-state index in [4.69, 9.17) is 9.47 Å². The third-order valence-electron chi connectivity index (χ3n) is 5.94. The number of anilines is 2. The monoisotopic (exact) mass is 511 g/mol. The number of benzene rings is 5. The number of methoxy groups -OCH3 is 2. The standard InChI is InChI=1S/C22H18.C14H15NO2/c1-3-7-19(8-4-1)11-13-21-15-17-22(18-16-21)14-12-20-9-5-2-6-10-20;1-16-13-7-3-11(4-8-13)15-12-5-9-14(17-2)10-6-12/h1-18H;3-10,15H,1-2H3. The Bertz CT molecular complexity index is 1330. The average molecular weight is 512 g/mol. The molecule has 0 radical (unpaired) electrons. The fourth-order valence-corrected chi connectivity index (χ4v) is 3.75. The molecule has 0 aliphatic rings. The van der Waals surface area contributed by atoms with Crippen LogP contribution in [0.5, 0.6) is 11.5 Å². The van der Waals surface area contributed by atoms with Crippen LogP contribution in [0.3, 0.4) is 0 Å². The van der Waals surface area contributed by atoms with Gasteiger partial charge in [-0.2, -0.15) is 0 Å². The Labute approximate surface area is 231 Å². The van der Waals surface area contributed by atoms with E-state index in [-0.39, 0.29) is 0 Å². The minimum absolute atomic E-state index is 0.852. The molecule has 5 aromatic carbocycles. The van der Waals surface area contributed by atoms with Crippen molar-refractivity contribution in [1.82, 2.24) is 0 Å². The maximum Gasteiger partial charge on any atom is 0.119 e. The Balaban J connectivity index is 0.000000187. The van der Waals surface area contributed by atoms with E-state index < -0.39 is 0 Å². The van der Waals surface area contributed by atoms with Crippen LogP contribution in [-0.4, -0.2) is 14.2 Å². The van der Waals surface area contributed by atoms with Crippen molar-refractivity contribution >= 4 is 35.7 Å². The zero-order valence-corrected chi connectivity index (χ0v) is 22.3. The van der Waals surface area contributed by atoms with Gasteiger partial charge in [0.1, 0.15) is 11.5 Å². The van der Waals surface area contributed by atoms with Crippen molar-refractivity contribution in [3.8, 4) is 11.5 Å². The lowest BCUT2D eigenvalue weighted by Gasteiger charge is -2.08. The molecule has 5 aromatic rings. The lowest BCUT2D eigenvalue weighted by molar-refractivity contribution is 0.415. The van der Waals surface area contributed by atoms with Crippen LogP contribution in [0.15, 0.2) is 133 Å². The average Bonchev–Trinajstić information content (AvgIpc) is 3.02. The zero-order valence-electron chi connectivity index (χ0n) is 22.3. The normalized spacial score (nSPS) is 10.6. The van der Waals surface area contributed by atoms with Crippen LogP contribution < -0.4 is 14.8 Å². The fraction of sp³-hybridized carbons (Fsp3) is 0.0556. The molecule has 3 nitrogen and oxygen atoms in total. The summed E-state index contributed by atoms with van der Waals surface area (Å²) in [4.78, 5) is 0. The summed E-state index contributed by atoms with van der Waals surface area (Å²) in [5.74, 6) is 1.70. The van der Waals surface area contributed by atoms with Crippen molar-refractivity contribution in [2.24, 2.45) is 0 Å². The number of nitrogens with one attached hydrogen (secondary N) is 1. The molecular weight excluding hydrogens is 478 g/mol. The highest BCUT2D eigenvalue weighted by atomic mass is 16.5. The SMILES string of the molecule is C(=Cc1ccc(C=Cc2ccccc2)cc1)c1ccccc1.COc1ccc(Nc2ccc(OC)cc2)cc1. The van der Waals surface area contributed by atoms with Crippen molar-refractivity contribution in [2.45, 2.75) is 0 Å². The summed E-state index contributed by atoms with van der Waals surface area (Å²) in [5, 5.41) is 3.30. The number of ether oxygens (including phenoxy) is 2. The summed E-state index contributed by atoms with van der Waals surface area (Å²) in [7, 11) is 3.32. The van der Waals surface area contributed by atoms with Gasteiger partial charge in [0.05, 0.1) is 14.2 Å². The van der Waals surface area contributed by atoms with Gasteiger partial charge in [0, 0.05) is 11.4 Å². The third-order valence-corrected chi connectivity index (χ3v) is 5.94. The molecule has 0 saturated carbocycles. The van der Waals surface area contributed by atoms with Crippen LogP contribution in [-0.2, 0) is 0 Å². The summed E-state index contributed by atoms with van der Waals surface area (Å²) in [6, 6.07) is 44.9. The van der Waals surface area contributed by atoms with Crippen LogP contribution in [0.4, 0.5) is 11.4 Å². The van der Waals surface area contributed by atoms with E-state index in [0.29, 0.717) is 0 Å². The topological polar surface area (TPSA) is 30.5 Å². The molecule has 0 atom stereocenters. The first-order chi connectivity index (χ1) is 19.2. The Morgan fingerprint density at radius 1 is 0.385 bits per heavy atom. The Morgan fingerprint density at radius 2 is 0.692 bits per heavy atom. The summed E-state index contributed by atoms with van der Waals surface area (Å²) in [6.45, 7) is 0. The first kappa shape index (κ1) is 27.0. The van der Waals surface area contributed by atoms with E-state index in [1.165, 1.54) is 22.3 Å². The van der Waals surface area contributed by atoms with Gasteiger partial charge in [-0.05, 0) is 70.8 Å². The van der Waals surface area contributed by atoms with Gasteiger partial charge in [0.25, 0.3) is 0 Å². The van der Waals surface area contributed by atoms with Crippen LogP contribution in [0.1, 0.15) is 22.3 Å². The van der Waals surface area contributed by atoms with Gasteiger partial charge in [0.15, 0.2) is 0 Å².